The van der Waals surface area contributed by atoms with Crippen molar-refractivity contribution < 1.29 is 28.6 Å². The molecule has 0 aliphatic carbocycles. The van der Waals surface area contributed by atoms with Gasteiger partial charge in [-0.25, -0.2) is 0 Å². The lowest BCUT2D eigenvalue weighted by Crippen LogP contribution is -2.30. The Morgan fingerprint density at radius 3 is 1.10 bits per heavy atom. The molecule has 0 bridgehead atoms. The molecular weight excluding hydrogens is 721 g/mol. The van der Waals surface area contributed by atoms with Crippen molar-refractivity contribution in [3.63, 3.8) is 0 Å². The van der Waals surface area contributed by atoms with E-state index in [1.165, 1.54) is 128 Å². The van der Waals surface area contributed by atoms with Crippen molar-refractivity contribution in [2.24, 2.45) is 0 Å². The normalized spacial score (nSPS) is 12.4. The molecule has 0 aromatic heterocycles. The van der Waals surface area contributed by atoms with Crippen LogP contribution in [-0.4, -0.2) is 37.2 Å². The Kier molecular flexibility index (Phi) is 44.9. The minimum absolute atomic E-state index is 0.0960. The Bertz CT molecular complexity index is 1030. The molecule has 0 saturated heterocycles. The maximum Gasteiger partial charge on any atom is 0.306 e. The topological polar surface area (TPSA) is 78.9 Å². The van der Waals surface area contributed by atoms with Gasteiger partial charge in [0.15, 0.2) is 6.10 Å². The predicted molar refractivity (Wildman–Crippen MR) is 247 cm³/mol. The molecule has 6 heteroatoms. The van der Waals surface area contributed by atoms with Gasteiger partial charge in [-0.05, 0) is 64.2 Å². The number of ether oxygens (including phenoxy) is 3. The van der Waals surface area contributed by atoms with Crippen LogP contribution < -0.4 is 0 Å². The molecule has 0 amide bonds. The average Bonchev–Trinajstić information content (AvgIpc) is 3.22. The molecule has 0 saturated carbocycles. The van der Waals surface area contributed by atoms with Crippen LogP contribution in [-0.2, 0) is 28.6 Å². The predicted octanol–water partition coefficient (Wildman–Crippen LogP) is 15.9. The van der Waals surface area contributed by atoms with Crippen molar-refractivity contribution in [1.82, 2.24) is 0 Å². The van der Waals surface area contributed by atoms with Gasteiger partial charge in [0, 0.05) is 19.3 Å². The molecule has 0 aliphatic rings. The summed E-state index contributed by atoms with van der Waals surface area (Å²) in [6.07, 6.45) is 55.3. The third-order valence-electron chi connectivity index (χ3n) is 10.6. The Labute approximate surface area is 358 Å². The van der Waals surface area contributed by atoms with Crippen LogP contribution in [0, 0.1) is 0 Å². The van der Waals surface area contributed by atoms with E-state index in [0.29, 0.717) is 19.3 Å². The smallest absolute Gasteiger partial charge is 0.306 e. The van der Waals surface area contributed by atoms with E-state index in [1.54, 1.807) is 0 Å². The summed E-state index contributed by atoms with van der Waals surface area (Å²) in [6.45, 7) is 6.47. The standard InChI is InChI=1S/C52H92O6/c1-4-7-10-13-16-19-22-25-28-30-33-36-39-42-45-51(54)57-48-49(58-52(55)46-43-40-37-34-31-27-24-21-18-15-12-9-6-3)47-56-50(53)44-41-38-35-32-29-26-23-20-17-14-11-8-5-2/h7,10,16,19,27,31,37,40,49H,4-6,8-9,11-15,17-18,20-26,28-30,32-36,38-39,41-48H2,1-3H3/b10-7+,19-16+,31-27+,40-37+. The Morgan fingerprint density at radius 2 is 0.707 bits per heavy atom. The molecule has 336 valence electrons. The van der Waals surface area contributed by atoms with Crippen LogP contribution in [0.1, 0.15) is 245 Å². The molecule has 0 fully saturated rings. The monoisotopic (exact) mass is 813 g/mol. The van der Waals surface area contributed by atoms with Crippen LogP contribution in [0.4, 0.5) is 0 Å². The van der Waals surface area contributed by atoms with Crippen LogP contribution in [0.5, 0.6) is 0 Å². The van der Waals surface area contributed by atoms with Gasteiger partial charge in [0.05, 0.1) is 0 Å². The molecule has 6 nitrogen and oxygen atoms in total. The van der Waals surface area contributed by atoms with Gasteiger partial charge in [-0.3, -0.25) is 14.4 Å². The van der Waals surface area contributed by atoms with Gasteiger partial charge >= 0.3 is 17.9 Å². The quantitative estimate of drug-likeness (QED) is 0.0264. The number of carbonyl (C=O) groups excluding carboxylic acids is 3. The Hall–Kier alpha value is -2.63. The zero-order valence-corrected chi connectivity index (χ0v) is 38.3. The van der Waals surface area contributed by atoms with E-state index in [-0.39, 0.29) is 37.5 Å². The number of hydrogen-bond acceptors (Lipinski definition) is 6. The second-order valence-electron chi connectivity index (χ2n) is 16.3. The van der Waals surface area contributed by atoms with E-state index in [1.807, 2.05) is 6.08 Å². The van der Waals surface area contributed by atoms with Gasteiger partial charge in [0.2, 0.25) is 0 Å². The number of esters is 3. The van der Waals surface area contributed by atoms with Crippen molar-refractivity contribution in [2.45, 2.75) is 252 Å². The van der Waals surface area contributed by atoms with Crippen molar-refractivity contribution in [2.75, 3.05) is 13.2 Å². The van der Waals surface area contributed by atoms with Gasteiger partial charge in [-0.2, -0.15) is 0 Å². The van der Waals surface area contributed by atoms with Crippen LogP contribution in [0.3, 0.4) is 0 Å². The summed E-state index contributed by atoms with van der Waals surface area (Å²) in [4.78, 5) is 37.8. The van der Waals surface area contributed by atoms with Crippen molar-refractivity contribution in [3.05, 3.63) is 48.6 Å². The second kappa shape index (κ2) is 47.1. The molecule has 0 aromatic rings. The lowest BCUT2D eigenvalue weighted by atomic mass is 10.0. The van der Waals surface area contributed by atoms with E-state index in [4.69, 9.17) is 14.2 Å². The van der Waals surface area contributed by atoms with Crippen LogP contribution in [0.25, 0.3) is 0 Å². The summed E-state index contributed by atoms with van der Waals surface area (Å²) in [5, 5.41) is 0. The maximum atomic E-state index is 12.7. The fourth-order valence-corrected chi connectivity index (χ4v) is 6.89. The third kappa shape index (κ3) is 44.5. The highest BCUT2D eigenvalue weighted by atomic mass is 16.6. The zero-order chi connectivity index (χ0) is 42.3. The third-order valence-corrected chi connectivity index (χ3v) is 10.6. The van der Waals surface area contributed by atoms with Crippen molar-refractivity contribution in [1.29, 1.82) is 0 Å². The average molecular weight is 813 g/mol. The van der Waals surface area contributed by atoms with Crippen LogP contribution in [0.2, 0.25) is 0 Å². The molecule has 0 spiro atoms. The van der Waals surface area contributed by atoms with Gasteiger partial charge in [-0.15, -0.1) is 0 Å². The number of rotatable bonds is 44. The summed E-state index contributed by atoms with van der Waals surface area (Å²) in [5.74, 6) is -0.969. The van der Waals surface area contributed by atoms with Crippen molar-refractivity contribution in [3.8, 4) is 0 Å². The SMILES string of the molecule is CC/C=C/C/C=C/CCCCCCCCCC(=O)OCC(COC(=O)CCCCCCCCCCCCCCC)OC(=O)CC/C=C/C/C=C/CCCCCCCC. The Morgan fingerprint density at radius 1 is 0.362 bits per heavy atom. The summed E-state index contributed by atoms with van der Waals surface area (Å²) in [7, 11) is 0. The number of unbranched alkanes of at least 4 members (excludes halogenated alkanes) is 25. The number of carbonyl (C=O) groups is 3. The fraction of sp³-hybridized carbons (Fsp3) is 0.788. The first kappa shape index (κ1) is 55.4. The second-order valence-corrected chi connectivity index (χ2v) is 16.3. The van der Waals surface area contributed by atoms with E-state index in [2.05, 4.69) is 63.3 Å². The molecule has 0 aromatic carbocycles. The first-order valence-corrected chi connectivity index (χ1v) is 24.6. The summed E-state index contributed by atoms with van der Waals surface area (Å²) >= 11 is 0. The molecule has 1 unspecified atom stereocenters. The zero-order valence-electron chi connectivity index (χ0n) is 38.3. The molecule has 0 N–H and O–H groups in total. The highest BCUT2D eigenvalue weighted by molar-refractivity contribution is 5.71. The summed E-state index contributed by atoms with van der Waals surface area (Å²) in [5.41, 5.74) is 0. The van der Waals surface area contributed by atoms with Gasteiger partial charge < -0.3 is 14.2 Å². The van der Waals surface area contributed by atoms with Gasteiger partial charge in [0.25, 0.3) is 0 Å². The fourth-order valence-electron chi connectivity index (χ4n) is 6.89. The van der Waals surface area contributed by atoms with Crippen LogP contribution >= 0.6 is 0 Å². The largest absolute Gasteiger partial charge is 0.462 e. The summed E-state index contributed by atoms with van der Waals surface area (Å²) in [6, 6.07) is 0. The first-order valence-electron chi connectivity index (χ1n) is 24.6. The van der Waals surface area contributed by atoms with E-state index in [0.717, 1.165) is 70.6 Å². The highest BCUT2D eigenvalue weighted by Crippen LogP contribution is 2.15. The molecule has 0 aliphatic heterocycles. The van der Waals surface area contributed by atoms with Gasteiger partial charge in [-0.1, -0.05) is 211 Å². The molecule has 58 heavy (non-hydrogen) atoms. The van der Waals surface area contributed by atoms with Crippen molar-refractivity contribution >= 4 is 17.9 Å². The maximum absolute atomic E-state index is 12.7. The molecule has 0 heterocycles. The van der Waals surface area contributed by atoms with E-state index >= 15 is 0 Å². The van der Waals surface area contributed by atoms with E-state index in [9.17, 15) is 14.4 Å². The molecule has 0 radical (unpaired) electrons. The van der Waals surface area contributed by atoms with Gasteiger partial charge in [0.1, 0.15) is 13.2 Å². The number of allylic oxidation sites excluding steroid dienone is 8. The lowest BCUT2D eigenvalue weighted by Gasteiger charge is -2.18. The number of hydrogen-bond donors (Lipinski definition) is 0. The minimum atomic E-state index is -0.802. The highest BCUT2D eigenvalue weighted by Gasteiger charge is 2.19. The molecule has 0 rings (SSSR count). The van der Waals surface area contributed by atoms with E-state index < -0.39 is 6.10 Å². The lowest BCUT2D eigenvalue weighted by molar-refractivity contribution is -0.166. The Balaban J connectivity index is 4.43. The molecule has 1 atom stereocenters. The molecular formula is C52H92O6. The minimum Gasteiger partial charge on any atom is -0.462 e. The first-order chi connectivity index (χ1) is 28.5. The van der Waals surface area contributed by atoms with Crippen LogP contribution in [0.15, 0.2) is 48.6 Å². The summed E-state index contributed by atoms with van der Waals surface area (Å²) < 4.78 is 16.7.